The number of aromatic amines is 1. The fourth-order valence-corrected chi connectivity index (χ4v) is 1.97. The van der Waals surface area contributed by atoms with Crippen molar-refractivity contribution >= 4 is 5.91 Å². The Hall–Kier alpha value is -2.14. The van der Waals surface area contributed by atoms with Crippen LogP contribution in [0.1, 0.15) is 27.2 Å². The molecule has 1 aliphatic heterocycles. The maximum atomic E-state index is 12.0. The quantitative estimate of drug-likeness (QED) is 0.855. The van der Waals surface area contributed by atoms with Gasteiger partial charge in [0.2, 0.25) is 0 Å². The summed E-state index contributed by atoms with van der Waals surface area (Å²) in [6.07, 6.45) is 1.66. The lowest BCUT2D eigenvalue weighted by Crippen LogP contribution is -2.23. The molecule has 0 unspecified atom stereocenters. The zero-order valence-corrected chi connectivity index (χ0v) is 9.77. The molecule has 0 fully saturated rings. The lowest BCUT2D eigenvalue weighted by Gasteiger charge is -2.05. The zero-order chi connectivity index (χ0) is 12.4. The first kappa shape index (κ1) is 11.0. The number of carbonyl (C=O) groups excluding carboxylic acids is 1. The highest BCUT2D eigenvalue weighted by Gasteiger charge is 2.14. The van der Waals surface area contributed by atoms with Crippen LogP contribution < -0.4 is 5.32 Å². The van der Waals surface area contributed by atoms with Crippen molar-refractivity contribution < 1.29 is 9.53 Å². The van der Waals surface area contributed by atoms with E-state index in [1.54, 1.807) is 6.20 Å². The summed E-state index contributed by atoms with van der Waals surface area (Å²) in [6.45, 7) is 1.69. The van der Waals surface area contributed by atoms with Crippen molar-refractivity contribution in [2.45, 2.75) is 19.8 Å². The maximum Gasteiger partial charge on any atom is 0.251 e. The van der Waals surface area contributed by atoms with Crippen molar-refractivity contribution in [1.29, 1.82) is 0 Å². The molecule has 1 aliphatic rings. The number of carbonyl (C=O) groups is 1. The van der Waals surface area contributed by atoms with E-state index in [4.69, 9.17) is 4.74 Å². The molecule has 5 heteroatoms. The predicted molar refractivity (Wildman–Crippen MR) is 64.7 cm³/mol. The second kappa shape index (κ2) is 4.62. The van der Waals surface area contributed by atoms with Crippen molar-refractivity contribution in [2.24, 2.45) is 0 Å². The van der Waals surface area contributed by atoms with E-state index in [0.29, 0.717) is 25.3 Å². The first-order valence-electron chi connectivity index (χ1n) is 5.79. The molecule has 1 amide bonds. The highest BCUT2D eigenvalue weighted by atomic mass is 16.5. The number of nitrogens with one attached hydrogen (secondary N) is 2. The molecular weight excluding hydrogens is 230 g/mol. The zero-order valence-electron chi connectivity index (χ0n) is 9.77. The minimum atomic E-state index is -0.0840. The second-order valence-electron chi connectivity index (χ2n) is 4.24. The number of amides is 1. The van der Waals surface area contributed by atoms with Gasteiger partial charge in [0, 0.05) is 11.8 Å². The van der Waals surface area contributed by atoms with Crippen LogP contribution in [-0.4, -0.2) is 16.1 Å². The Labute approximate surface area is 104 Å². The normalized spacial score (nSPS) is 13.3. The molecule has 0 bridgehead atoms. The largest absolute Gasteiger partial charge is 0.372 e. The second-order valence-corrected chi connectivity index (χ2v) is 4.24. The van der Waals surface area contributed by atoms with Crippen LogP contribution in [-0.2, 0) is 24.5 Å². The van der Waals surface area contributed by atoms with Crippen molar-refractivity contribution in [3.05, 3.63) is 52.8 Å². The van der Waals surface area contributed by atoms with Gasteiger partial charge in [0.05, 0.1) is 25.5 Å². The number of rotatable bonds is 3. The Morgan fingerprint density at radius 1 is 1.33 bits per heavy atom. The van der Waals surface area contributed by atoms with Crippen LogP contribution in [0.5, 0.6) is 0 Å². The molecule has 5 nitrogen and oxygen atoms in total. The van der Waals surface area contributed by atoms with E-state index in [9.17, 15) is 4.79 Å². The summed E-state index contributed by atoms with van der Waals surface area (Å²) in [7, 11) is 0. The van der Waals surface area contributed by atoms with Crippen molar-refractivity contribution in [1.82, 2.24) is 15.5 Å². The molecule has 92 valence electrons. The molecule has 1 aromatic carbocycles. The number of H-pyrrole nitrogens is 1. The van der Waals surface area contributed by atoms with Crippen LogP contribution >= 0.6 is 0 Å². The van der Waals surface area contributed by atoms with Gasteiger partial charge in [-0.15, -0.1) is 0 Å². The van der Waals surface area contributed by atoms with Gasteiger partial charge in [0.15, 0.2) is 0 Å². The molecule has 2 N–H and O–H groups in total. The number of benzene rings is 1. The average Bonchev–Trinajstić information content (AvgIpc) is 3.05. The highest BCUT2D eigenvalue weighted by molar-refractivity contribution is 5.94. The monoisotopic (exact) mass is 243 g/mol. The minimum Gasteiger partial charge on any atom is -0.372 e. The summed E-state index contributed by atoms with van der Waals surface area (Å²) in [5.74, 6) is -0.0840. The summed E-state index contributed by atoms with van der Waals surface area (Å²) in [4.78, 5) is 12.0. The van der Waals surface area contributed by atoms with Gasteiger partial charge in [-0.2, -0.15) is 5.10 Å². The van der Waals surface area contributed by atoms with Gasteiger partial charge in [-0.05, 0) is 29.3 Å². The molecule has 0 saturated carbocycles. The Morgan fingerprint density at radius 3 is 3.06 bits per heavy atom. The third-order valence-electron chi connectivity index (χ3n) is 2.98. The molecule has 2 heterocycles. The molecule has 3 rings (SSSR count). The number of fused-ring (bicyclic) bond motifs is 1. The number of ether oxygens (including phenoxy) is 1. The van der Waals surface area contributed by atoms with E-state index in [2.05, 4.69) is 15.5 Å². The van der Waals surface area contributed by atoms with E-state index < -0.39 is 0 Å². The number of aromatic nitrogens is 2. The van der Waals surface area contributed by atoms with E-state index in [0.717, 1.165) is 11.3 Å². The Balaban J connectivity index is 1.69. The summed E-state index contributed by atoms with van der Waals surface area (Å²) < 4.78 is 5.32. The van der Waals surface area contributed by atoms with Crippen LogP contribution in [0.25, 0.3) is 0 Å². The Kier molecular flexibility index (Phi) is 2.82. The van der Waals surface area contributed by atoms with Gasteiger partial charge >= 0.3 is 0 Å². The van der Waals surface area contributed by atoms with Crippen molar-refractivity contribution in [3.8, 4) is 0 Å². The van der Waals surface area contributed by atoms with Gasteiger partial charge in [0.25, 0.3) is 5.91 Å². The van der Waals surface area contributed by atoms with Crippen molar-refractivity contribution in [3.63, 3.8) is 0 Å². The SMILES string of the molecule is O=C(NCc1ccn[nH]1)c1ccc2c(c1)COC2. The fourth-order valence-electron chi connectivity index (χ4n) is 1.97. The summed E-state index contributed by atoms with van der Waals surface area (Å²) in [5.41, 5.74) is 3.82. The standard InChI is InChI=1S/C13H13N3O2/c17-13(14-6-12-3-4-15-16-12)9-1-2-10-7-18-8-11(10)5-9/h1-5H,6-8H2,(H,14,17)(H,15,16). The first-order valence-corrected chi connectivity index (χ1v) is 5.79. The third kappa shape index (κ3) is 2.12. The topological polar surface area (TPSA) is 67.0 Å². The minimum absolute atomic E-state index is 0.0840. The smallest absolute Gasteiger partial charge is 0.251 e. The molecule has 0 radical (unpaired) electrons. The molecular formula is C13H13N3O2. The van der Waals surface area contributed by atoms with Crippen LogP contribution in [0.3, 0.4) is 0 Å². The lowest BCUT2D eigenvalue weighted by molar-refractivity contribution is 0.0950. The Morgan fingerprint density at radius 2 is 2.22 bits per heavy atom. The van der Waals surface area contributed by atoms with Gasteiger partial charge in [0.1, 0.15) is 0 Å². The molecule has 2 aromatic rings. The van der Waals surface area contributed by atoms with Crippen LogP contribution in [0.2, 0.25) is 0 Å². The van der Waals surface area contributed by atoms with Gasteiger partial charge < -0.3 is 10.1 Å². The summed E-state index contributed by atoms with van der Waals surface area (Å²) in [6, 6.07) is 7.50. The Bertz CT molecular complexity index is 564. The first-order chi connectivity index (χ1) is 8.83. The summed E-state index contributed by atoms with van der Waals surface area (Å²) in [5, 5.41) is 9.47. The number of hydrogen-bond donors (Lipinski definition) is 2. The van der Waals surface area contributed by atoms with E-state index in [1.165, 1.54) is 5.56 Å². The molecule has 1 aromatic heterocycles. The predicted octanol–water partition coefficient (Wildman–Crippen LogP) is 1.37. The fraction of sp³-hybridized carbons (Fsp3) is 0.231. The van der Waals surface area contributed by atoms with Gasteiger partial charge in [-0.1, -0.05) is 6.07 Å². The maximum absolute atomic E-state index is 12.0. The van der Waals surface area contributed by atoms with Gasteiger partial charge in [-0.25, -0.2) is 0 Å². The van der Waals surface area contributed by atoms with Gasteiger partial charge in [-0.3, -0.25) is 9.89 Å². The molecule has 0 aliphatic carbocycles. The van der Waals surface area contributed by atoms with Crippen LogP contribution in [0.15, 0.2) is 30.5 Å². The number of nitrogens with zero attached hydrogens (tertiary/aromatic N) is 1. The lowest BCUT2D eigenvalue weighted by atomic mass is 10.1. The highest BCUT2D eigenvalue weighted by Crippen LogP contribution is 2.20. The van der Waals surface area contributed by atoms with E-state index >= 15 is 0 Å². The molecule has 0 saturated heterocycles. The molecule has 0 atom stereocenters. The van der Waals surface area contributed by atoms with Crippen LogP contribution in [0.4, 0.5) is 0 Å². The molecule has 18 heavy (non-hydrogen) atoms. The van der Waals surface area contributed by atoms with Crippen molar-refractivity contribution in [2.75, 3.05) is 0 Å². The third-order valence-corrected chi connectivity index (χ3v) is 2.98. The average molecular weight is 243 g/mol. The number of hydrogen-bond acceptors (Lipinski definition) is 3. The van der Waals surface area contributed by atoms with E-state index in [-0.39, 0.29) is 5.91 Å². The molecule has 0 spiro atoms. The van der Waals surface area contributed by atoms with Crippen LogP contribution in [0, 0.1) is 0 Å². The summed E-state index contributed by atoms with van der Waals surface area (Å²) >= 11 is 0. The van der Waals surface area contributed by atoms with E-state index in [1.807, 2.05) is 24.3 Å².